The van der Waals surface area contributed by atoms with E-state index < -0.39 is 0 Å². The number of rotatable bonds is 0. The van der Waals surface area contributed by atoms with E-state index in [4.69, 9.17) is 0 Å². The third kappa shape index (κ3) is 1.80. The van der Waals surface area contributed by atoms with Crippen LogP contribution in [0.5, 0.6) is 0 Å². The average Bonchev–Trinajstić information content (AvgIpc) is 1.62. The lowest BCUT2D eigenvalue weighted by molar-refractivity contribution is 1.54. The molecule has 0 aliphatic carbocycles. The second-order valence-electron chi connectivity index (χ2n) is 1.31. The lowest BCUT2D eigenvalue weighted by atomic mass is 10.5. The molecule has 0 saturated carbocycles. The summed E-state index contributed by atoms with van der Waals surface area (Å²) in [6.07, 6.45) is 1.89. The molecule has 1 aromatic rings. The molecule has 1 heterocycles. The molecule has 0 aromatic carbocycles. The van der Waals surface area contributed by atoms with Crippen molar-refractivity contribution in [3.05, 3.63) is 35.8 Å². The van der Waals surface area contributed by atoms with E-state index in [0.717, 1.165) is 0 Å². The predicted molar refractivity (Wildman–Crippen MR) is 36.3 cm³/mol. The molecule has 1 rings (SSSR count). The Bertz CT molecular complexity index is 113. The van der Waals surface area contributed by atoms with Crippen molar-refractivity contribution >= 4 is 11.5 Å². The van der Waals surface area contributed by atoms with Crippen molar-refractivity contribution in [3.8, 4) is 0 Å². The standard InChI is InChI=1S/C6H7NS/c1-2-4-6-8-7-5-3-1/h1-7H. The van der Waals surface area contributed by atoms with Crippen molar-refractivity contribution in [2.24, 2.45) is 0 Å². The summed E-state index contributed by atoms with van der Waals surface area (Å²) < 4.78 is 2.99. The van der Waals surface area contributed by atoms with Gasteiger partial charge in [-0.3, -0.25) is 0 Å². The molecular formula is C6H7NS. The Balaban J connectivity index is 3.00. The van der Waals surface area contributed by atoms with E-state index >= 15 is 0 Å². The Hall–Kier alpha value is -0.760. The van der Waals surface area contributed by atoms with Crippen LogP contribution in [0.3, 0.4) is 0 Å². The zero-order valence-electron chi connectivity index (χ0n) is 4.37. The fraction of sp³-hybridized carbons (Fsp3) is 0. The minimum atomic E-state index is 1.56. The molecule has 8 heavy (non-hydrogen) atoms. The highest BCUT2D eigenvalue weighted by Crippen LogP contribution is 1.83. The number of H-pyrrole nitrogens is 1. The summed E-state index contributed by atoms with van der Waals surface area (Å²) >= 11 is 1.56. The van der Waals surface area contributed by atoms with E-state index in [-0.39, 0.29) is 0 Å². The SMILES string of the molecule is c1cccs[nH]cc1. The number of nitrogens with one attached hydrogen (secondary N) is 1. The van der Waals surface area contributed by atoms with E-state index in [0.29, 0.717) is 0 Å². The summed E-state index contributed by atoms with van der Waals surface area (Å²) in [4.78, 5) is 0. The van der Waals surface area contributed by atoms with Crippen molar-refractivity contribution < 1.29 is 0 Å². The van der Waals surface area contributed by atoms with Crippen LogP contribution in [0.25, 0.3) is 0 Å². The fourth-order valence-electron chi connectivity index (χ4n) is 0.386. The van der Waals surface area contributed by atoms with Gasteiger partial charge in [-0.2, -0.15) is 0 Å². The molecule has 0 aliphatic heterocycles. The van der Waals surface area contributed by atoms with Gasteiger partial charge in [0.1, 0.15) is 0 Å². The predicted octanol–water partition coefficient (Wildman–Crippen LogP) is 2.20. The zero-order valence-corrected chi connectivity index (χ0v) is 5.19. The molecule has 0 saturated heterocycles. The van der Waals surface area contributed by atoms with Gasteiger partial charge >= 0.3 is 0 Å². The largest absolute Gasteiger partial charge is 0.319 e. The fourth-order valence-corrected chi connectivity index (χ4v) is 0.791. The van der Waals surface area contributed by atoms with Gasteiger partial charge in [-0.25, -0.2) is 0 Å². The monoisotopic (exact) mass is 125 g/mol. The molecule has 1 nitrogen and oxygen atoms in total. The summed E-state index contributed by atoms with van der Waals surface area (Å²) in [7, 11) is 0. The Morgan fingerprint density at radius 2 is 1.88 bits per heavy atom. The topological polar surface area (TPSA) is 15.8 Å². The van der Waals surface area contributed by atoms with Crippen molar-refractivity contribution in [2.75, 3.05) is 0 Å². The number of hydrogen-bond donors (Lipinski definition) is 1. The lowest BCUT2D eigenvalue weighted by Gasteiger charge is -1.71. The molecule has 2 heteroatoms. The summed E-state index contributed by atoms with van der Waals surface area (Å²) in [6, 6.07) is 7.91. The smallest absolute Gasteiger partial charge is 0.0113 e. The van der Waals surface area contributed by atoms with Crippen molar-refractivity contribution in [1.29, 1.82) is 0 Å². The van der Waals surface area contributed by atoms with E-state index in [1.54, 1.807) is 11.5 Å². The second kappa shape index (κ2) is 3.27. The van der Waals surface area contributed by atoms with Crippen LogP contribution < -0.4 is 0 Å². The van der Waals surface area contributed by atoms with Crippen LogP contribution in [0.4, 0.5) is 0 Å². The van der Waals surface area contributed by atoms with Gasteiger partial charge in [-0.05, 0) is 6.07 Å². The Morgan fingerprint density at radius 3 is 2.88 bits per heavy atom. The summed E-state index contributed by atoms with van der Waals surface area (Å²) in [5, 5.41) is 1.99. The molecule has 0 amide bonds. The van der Waals surface area contributed by atoms with E-state index in [9.17, 15) is 0 Å². The van der Waals surface area contributed by atoms with Crippen molar-refractivity contribution in [2.45, 2.75) is 0 Å². The Kier molecular flexibility index (Phi) is 2.20. The normalized spacial score (nSPS) is 8.00. The first-order chi connectivity index (χ1) is 4.00. The highest BCUT2D eigenvalue weighted by molar-refractivity contribution is 7.03. The maximum Gasteiger partial charge on any atom is 0.0113 e. The van der Waals surface area contributed by atoms with Crippen LogP contribution in [-0.2, 0) is 0 Å². The van der Waals surface area contributed by atoms with Crippen molar-refractivity contribution in [1.82, 2.24) is 4.37 Å². The van der Waals surface area contributed by atoms with Gasteiger partial charge in [-0.1, -0.05) is 29.7 Å². The van der Waals surface area contributed by atoms with E-state index in [2.05, 4.69) is 4.37 Å². The van der Waals surface area contributed by atoms with E-state index in [1.807, 2.05) is 35.8 Å². The highest BCUT2D eigenvalue weighted by Gasteiger charge is 1.57. The van der Waals surface area contributed by atoms with Gasteiger partial charge in [0.2, 0.25) is 0 Å². The minimum Gasteiger partial charge on any atom is -0.319 e. The molecule has 0 bridgehead atoms. The summed E-state index contributed by atoms with van der Waals surface area (Å²) in [5.74, 6) is 0. The molecule has 0 atom stereocenters. The van der Waals surface area contributed by atoms with Gasteiger partial charge in [0.25, 0.3) is 0 Å². The Labute approximate surface area is 52.5 Å². The first kappa shape index (κ1) is 5.38. The van der Waals surface area contributed by atoms with Gasteiger partial charge in [0.05, 0.1) is 0 Å². The van der Waals surface area contributed by atoms with Gasteiger partial charge < -0.3 is 4.37 Å². The third-order valence-corrected chi connectivity index (χ3v) is 1.28. The number of hydrogen-bond acceptors (Lipinski definition) is 1. The molecule has 0 radical (unpaired) electrons. The molecule has 0 unspecified atom stereocenters. The molecule has 42 valence electrons. The van der Waals surface area contributed by atoms with E-state index in [1.165, 1.54) is 0 Å². The van der Waals surface area contributed by atoms with Crippen molar-refractivity contribution in [3.63, 3.8) is 0 Å². The van der Waals surface area contributed by atoms with Crippen LogP contribution in [-0.4, -0.2) is 4.37 Å². The lowest BCUT2D eigenvalue weighted by Crippen LogP contribution is -1.51. The third-order valence-electron chi connectivity index (χ3n) is 0.712. The maximum absolute atomic E-state index is 2.99. The number of aromatic nitrogens is 1. The summed E-state index contributed by atoms with van der Waals surface area (Å²) in [6.45, 7) is 0. The molecule has 0 spiro atoms. The van der Waals surface area contributed by atoms with Crippen LogP contribution in [0, 0.1) is 0 Å². The summed E-state index contributed by atoms with van der Waals surface area (Å²) in [5.41, 5.74) is 0. The molecule has 1 aromatic heterocycles. The average molecular weight is 125 g/mol. The molecule has 0 aliphatic rings. The first-order valence-electron chi connectivity index (χ1n) is 2.40. The zero-order chi connectivity index (χ0) is 5.66. The van der Waals surface area contributed by atoms with Crippen LogP contribution in [0.15, 0.2) is 35.8 Å². The highest BCUT2D eigenvalue weighted by atomic mass is 32.1. The molecular weight excluding hydrogens is 118 g/mol. The maximum atomic E-state index is 2.99. The number of aromatic amines is 1. The minimum absolute atomic E-state index is 1.56. The van der Waals surface area contributed by atoms with Gasteiger partial charge in [0, 0.05) is 11.6 Å². The quantitative estimate of drug-likeness (QED) is 0.547. The first-order valence-corrected chi connectivity index (χ1v) is 3.27. The molecule has 1 N–H and O–H groups in total. The Morgan fingerprint density at radius 1 is 1.00 bits per heavy atom. The molecule has 0 fully saturated rings. The van der Waals surface area contributed by atoms with Crippen LogP contribution in [0.2, 0.25) is 0 Å². The van der Waals surface area contributed by atoms with Gasteiger partial charge in [0.15, 0.2) is 0 Å². The van der Waals surface area contributed by atoms with Crippen LogP contribution >= 0.6 is 11.5 Å². The van der Waals surface area contributed by atoms with Crippen LogP contribution in [0.1, 0.15) is 0 Å². The second-order valence-corrected chi connectivity index (χ2v) is 2.05. The van der Waals surface area contributed by atoms with Gasteiger partial charge in [-0.15, -0.1) is 0 Å².